The first kappa shape index (κ1) is 10.8. The lowest BCUT2D eigenvalue weighted by Gasteiger charge is -2.14. The van der Waals surface area contributed by atoms with Crippen LogP contribution in [0.15, 0.2) is 12.3 Å². The molecule has 1 aromatic rings. The topological polar surface area (TPSA) is 48.1 Å². The molecule has 78 valence electrons. The Morgan fingerprint density at radius 2 is 2.29 bits per heavy atom. The van der Waals surface area contributed by atoms with Crippen molar-refractivity contribution in [2.24, 2.45) is 0 Å². The van der Waals surface area contributed by atoms with Gasteiger partial charge in [0.25, 0.3) is 0 Å². The smallest absolute Gasteiger partial charge is 0.237 e. The van der Waals surface area contributed by atoms with Gasteiger partial charge in [0.15, 0.2) is 0 Å². The number of rotatable bonds is 4. The molecule has 1 aromatic heterocycles. The van der Waals surface area contributed by atoms with Crippen molar-refractivity contribution in [3.63, 3.8) is 0 Å². The molecule has 0 aliphatic heterocycles. The minimum absolute atomic E-state index is 0.178. The number of ether oxygens (including phenoxy) is 1. The molecule has 0 amide bonds. The van der Waals surface area contributed by atoms with Crippen LogP contribution in [0.3, 0.4) is 0 Å². The Morgan fingerprint density at radius 1 is 1.57 bits per heavy atom. The molecule has 0 aliphatic carbocycles. The van der Waals surface area contributed by atoms with Gasteiger partial charge in [-0.15, -0.1) is 0 Å². The molecule has 0 saturated heterocycles. The molecular weight excluding hydrogens is 176 g/mol. The minimum Gasteiger partial charge on any atom is -0.473 e. The third kappa shape index (κ3) is 2.91. The van der Waals surface area contributed by atoms with E-state index in [0.29, 0.717) is 11.6 Å². The van der Waals surface area contributed by atoms with Crippen LogP contribution in [-0.4, -0.2) is 11.1 Å². The number of aryl methyl sites for hydroxylation is 1. The predicted octanol–water partition coefficient (Wildman–Crippen LogP) is 2.54. The Bertz CT molecular complexity index is 299. The largest absolute Gasteiger partial charge is 0.473 e. The quantitative estimate of drug-likeness (QED) is 0.801. The van der Waals surface area contributed by atoms with Gasteiger partial charge < -0.3 is 10.5 Å². The fourth-order valence-electron chi connectivity index (χ4n) is 1.33. The summed E-state index contributed by atoms with van der Waals surface area (Å²) in [6.07, 6.45) is 4.07. The standard InChI is InChI=1S/C11H18N2O/c1-4-5-9(3)14-11-10(12)6-8(2)7-13-11/h6-7,9H,4-5,12H2,1-3H3. The second kappa shape index (κ2) is 4.84. The predicted molar refractivity (Wildman–Crippen MR) is 58.4 cm³/mol. The summed E-state index contributed by atoms with van der Waals surface area (Å²) >= 11 is 0. The summed E-state index contributed by atoms with van der Waals surface area (Å²) in [5.41, 5.74) is 7.45. The number of anilines is 1. The van der Waals surface area contributed by atoms with E-state index >= 15 is 0 Å². The van der Waals surface area contributed by atoms with E-state index in [2.05, 4.69) is 11.9 Å². The van der Waals surface area contributed by atoms with Gasteiger partial charge in [-0.1, -0.05) is 13.3 Å². The lowest BCUT2D eigenvalue weighted by Crippen LogP contribution is -2.13. The van der Waals surface area contributed by atoms with Gasteiger partial charge in [-0.05, 0) is 31.9 Å². The summed E-state index contributed by atoms with van der Waals surface area (Å²) in [4.78, 5) is 4.15. The van der Waals surface area contributed by atoms with Crippen LogP contribution in [0.1, 0.15) is 32.3 Å². The maximum atomic E-state index is 5.78. The molecule has 3 heteroatoms. The summed E-state index contributed by atoms with van der Waals surface area (Å²) < 4.78 is 5.60. The Hall–Kier alpha value is -1.25. The van der Waals surface area contributed by atoms with E-state index in [0.717, 1.165) is 18.4 Å². The molecule has 0 fully saturated rings. The lowest BCUT2D eigenvalue weighted by atomic mass is 10.2. The van der Waals surface area contributed by atoms with Gasteiger partial charge in [0, 0.05) is 6.20 Å². The molecule has 0 radical (unpaired) electrons. The lowest BCUT2D eigenvalue weighted by molar-refractivity contribution is 0.203. The minimum atomic E-state index is 0.178. The first-order valence-electron chi connectivity index (χ1n) is 5.02. The Labute approximate surface area is 85.3 Å². The van der Waals surface area contributed by atoms with E-state index in [1.807, 2.05) is 19.9 Å². The second-order valence-electron chi connectivity index (χ2n) is 3.62. The van der Waals surface area contributed by atoms with Crippen LogP contribution in [-0.2, 0) is 0 Å². The molecular formula is C11H18N2O. The monoisotopic (exact) mass is 194 g/mol. The molecule has 0 spiro atoms. The Kier molecular flexibility index (Phi) is 3.74. The number of nitrogens with zero attached hydrogens (tertiary/aromatic N) is 1. The average molecular weight is 194 g/mol. The van der Waals surface area contributed by atoms with Crippen LogP contribution in [0, 0.1) is 6.92 Å². The zero-order valence-electron chi connectivity index (χ0n) is 9.08. The third-order valence-electron chi connectivity index (χ3n) is 2.02. The van der Waals surface area contributed by atoms with E-state index in [1.54, 1.807) is 6.20 Å². The third-order valence-corrected chi connectivity index (χ3v) is 2.02. The van der Waals surface area contributed by atoms with Gasteiger partial charge in [0.05, 0.1) is 11.8 Å². The van der Waals surface area contributed by atoms with E-state index in [9.17, 15) is 0 Å². The van der Waals surface area contributed by atoms with Crippen LogP contribution in [0.25, 0.3) is 0 Å². The molecule has 14 heavy (non-hydrogen) atoms. The number of aromatic nitrogens is 1. The van der Waals surface area contributed by atoms with Crippen LogP contribution < -0.4 is 10.5 Å². The molecule has 0 bridgehead atoms. The fraction of sp³-hybridized carbons (Fsp3) is 0.545. The second-order valence-corrected chi connectivity index (χ2v) is 3.62. The fourth-order valence-corrected chi connectivity index (χ4v) is 1.33. The molecule has 0 aromatic carbocycles. The van der Waals surface area contributed by atoms with Gasteiger partial charge in [-0.25, -0.2) is 4.98 Å². The number of nitrogen functional groups attached to an aromatic ring is 1. The summed E-state index contributed by atoms with van der Waals surface area (Å²) in [5, 5.41) is 0. The van der Waals surface area contributed by atoms with E-state index < -0.39 is 0 Å². The van der Waals surface area contributed by atoms with Crippen molar-refractivity contribution >= 4 is 5.69 Å². The molecule has 1 atom stereocenters. The number of nitrogens with two attached hydrogens (primary N) is 1. The van der Waals surface area contributed by atoms with Crippen LogP contribution in [0.2, 0.25) is 0 Å². The summed E-state index contributed by atoms with van der Waals surface area (Å²) in [6.45, 7) is 6.12. The van der Waals surface area contributed by atoms with Crippen LogP contribution >= 0.6 is 0 Å². The molecule has 0 saturated carbocycles. The zero-order valence-corrected chi connectivity index (χ0v) is 9.08. The first-order chi connectivity index (χ1) is 6.63. The van der Waals surface area contributed by atoms with Crippen molar-refractivity contribution < 1.29 is 4.74 Å². The molecule has 1 unspecified atom stereocenters. The van der Waals surface area contributed by atoms with Gasteiger partial charge in [-0.3, -0.25) is 0 Å². The number of hydrogen-bond donors (Lipinski definition) is 1. The number of pyridine rings is 1. The van der Waals surface area contributed by atoms with Gasteiger partial charge in [0.2, 0.25) is 5.88 Å². The van der Waals surface area contributed by atoms with Gasteiger partial charge in [0.1, 0.15) is 0 Å². The van der Waals surface area contributed by atoms with Gasteiger partial charge in [-0.2, -0.15) is 0 Å². The maximum Gasteiger partial charge on any atom is 0.237 e. The Morgan fingerprint density at radius 3 is 2.86 bits per heavy atom. The maximum absolute atomic E-state index is 5.78. The van der Waals surface area contributed by atoms with Crippen molar-refractivity contribution in [2.45, 2.75) is 39.7 Å². The highest BCUT2D eigenvalue weighted by Gasteiger charge is 2.06. The van der Waals surface area contributed by atoms with Crippen molar-refractivity contribution in [1.29, 1.82) is 0 Å². The van der Waals surface area contributed by atoms with E-state index in [4.69, 9.17) is 10.5 Å². The van der Waals surface area contributed by atoms with E-state index in [-0.39, 0.29) is 6.10 Å². The molecule has 2 N–H and O–H groups in total. The van der Waals surface area contributed by atoms with Gasteiger partial charge >= 0.3 is 0 Å². The molecule has 0 aliphatic rings. The zero-order chi connectivity index (χ0) is 10.6. The van der Waals surface area contributed by atoms with Crippen molar-refractivity contribution in [1.82, 2.24) is 4.98 Å². The summed E-state index contributed by atoms with van der Waals surface area (Å²) in [7, 11) is 0. The first-order valence-corrected chi connectivity index (χ1v) is 5.02. The molecule has 1 rings (SSSR count). The summed E-state index contributed by atoms with van der Waals surface area (Å²) in [6, 6.07) is 1.88. The van der Waals surface area contributed by atoms with Crippen LogP contribution in [0.5, 0.6) is 5.88 Å². The highest BCUT2D eigenvalue weighted by molar-refractivity contribution is 5.49. The Balaban J connectivity index is 2.67. The van der Waals surface area contributed by atoms with Crippen LogP contribution in [0.4, 0.5) is 5.69 Å². The van der Waals surface area contributed by atoms with Crippen molar-refractivity contribution in [2.75, 3.05) is 5.73 Å². The molecule has 1 heterocycles. The van der Waals surface area contributed by atoms with Crippen molar-refractivity contribution in [3.05, 3.63) is 17.8 Å². The normalized spacial score (nSPS) is 12.5. The SMILES string of the molecule is CCCC(C)Oc1ncc(C)cc1N. The van der Waals surface area contributed by atoms with Crippen molar-refractivity contribution in [3.8, 4) is 5.88 Å². The number of hydrogen-bond acceptors (Lipinski definition) is 3. The molecule has 3 nitrogen and oxygen atoms in total. The highest BCUT2D eigenvalue weighted by Crippen LogP contribution is 2.20. The summed E-state index contributed by atoms with van der Waals surface area (Å²) in [5.74, 6) is 0.552. The highest BCUT2D eigenvalue weighted by atomic mass is 16.5. The van der Waals surface area contributed by atoms with E-state index in [1.165, 1.54) is 0 Å². The average Bonchev–Trinajstić information content (AvgIpc) is 2.10.